The molecule has 9 nitrogen and oxygen atoms in total. The molecule has 32 heavy (non-hydrogen) atoms. The standard InChI is InChI=1S/C21H25N5O4S2/c1-25-20(18-7-6-14-30-18)23-24-21(25)31-15-19(27)22-16-8-10-17(11-9-16)32(28,29)26-12-4-2-3-5-13-26/h6-11,14H,2-5,12-13,15H2,1H3,(H,22,27). The van der Waals surface area contributed by atoms with Crippen molar-refractivity contribution in [2.75, 3.05) is 24.2 Å². The summed E-state index contributed by atoms with van der Waals surface area (Å²) in [5, 5.41) is 11.6. The molecule has 0 radical (unpaired) electrons. The lowest BCUT2D eigenvalue weighted by atomic mass is 10.2. The number of nitrogens with one attached hydrogen (secondary N) is 1. The Morgan fingerprint density at radius 2 is 1.81 bits per heavy atom. The van der Waals surface area contributed by atoms with E-state index in [0.717, 1.165) is 25.7 Å². The number of sulfonamides is 1. The molecular formula is C21H25N5O4S2. The molecule has 0 aliphatic carbocycles. The molecule has 1 fully saturated rings. The summed E-state index contributed by atoms with van der Waals surface area (Å²) in [5.74, 6) is 1.10. The first-order valence-electron chi connectivity index (χ1n) is 10.4. The molecule has 0 unspecified atom stereocenters. The van der Waals surface area contributed by atoms with E-state index in [1.54, 1.807) is 51.5 Å². The summed E-state index contributed by atoms with van der Waals surface area (Å²) in [6, 6.07) is 9.88. The van der Waals surface area contributed by atoms with Gasteiger partial charge < -0.3 is 14.3 Å². The van der Waals surface area contributed by atoms with Crippen LogP contribution in [0.4, 0.5) is 5.69 Å². The van der Waals surface area contributed by atoms with E-state index >= 15 is 0 Å². The number of thioether (sulfide) groups is 1. The van der Waals surface area contributed by atoms with Crippen LogP contribution in [-0.4, -0.2) is 52.2 Å². The number of carbonyl (C=O) groups is 1. The van der Waals surface area contributed by atoms with Crippen molar-refractivity contribution in [3.63, 3.8) is 0 Å². The van der Waals surface area contributed by atoms with Gasteiger partial charge in [-0.2, -0.15) is 4.31 Å². The number of benzene rings is 1. The molecule has 1 saturated heterocycles. The molecule has 0 saturated carbocycles. The summed E-state index contributed by atoms with van der Waals surface area (Å²) in [5.41, 5.74) is 0.541. The maximum absolute atomic E-state index is 12.9. The third-order valence-electron chi connectivity index (χ3n) is 5.25. The smallest absolute Gasteiger partial charge is 0.243 e. The summed E-state index contributed by atoms with van der Waals surface area (Å²) in [6.45, 7) is 1.11. The third-order valence-corrected chi connectivity index (χ3v) is 8.18. The van der Waals surface area contributed by atoms with Gasteiger partial charge in [0.15, 0.2) is 16.7 Å². The van der Waals surface area contributed by atoms with Gasteiger partial charge in [0.25, 0.3) is 0 Å². The summed E-state index contributed by atoms with van der Waals surface area (Å²) in [4.78, 5) is 12.6. The lowest BCUT2D eigenvalue weighted by Crippen LogP contribution is -2.31. The van der Waals surface area contributed by atoms with Crippen LogP contribution < -0.4 is 5.32 Å². The van der Waals surface area contributed by atoms with Gasteiger partial charge in [0.1, 0.15) is 0 Å². The Kier molecular flexibility index (Phi) is 6.97. The monoisotopic (exact) mass is 475 g/mol. The number of hydrogen-bond acceptors (Lipinski definition) is 7. The van der Waals surface area contributed by atoms with Gasteiger partial charge in [0.05, 0.1) is 16.9 Å². The average Bonchev–Trinajstić information content (AvgIpc) is 3.34. The predicted octanol–water partition coefficient (Wildman–Crippen LogP) is 3.37. The second-order valence-electron chi connectivity index (χ2n) is 7.52. The highest BCUT2D eigenvalue weighted by atomic mass is 32.2. The number of rotatable bonds is 7. The van der Waals surface area contributed by atoms with E-state index in [1.807, 2.05) is 7.05 Å². The van der Waals surface area contributed by atoms with Crippen LogP contribution in [0.5, 0.6) is 0 Å². The number of amides is 1. The zero-order chi connectivity index (χ0) is 22.6. The highest BCUT2D eigenvalue weighted by Gasteiger charge is 2.25. The molecule has 1 amide bonds. The molecule has 0 bridgehead atoms. The van der Waals surface area contributed by atoms with Crippen LogP contribution in [0.3, 0.4) is 0 Å². The first-order valence-corrected chi connectivity index (χ1v) is 12.8. The van der Waals surface area contributed by atoms with Crippen LogP contribution in [-0.2, 0) is 21.9 Å². The lowest BCUT2D eigenvalue weighted by molar-refractivity contribution is -0.113. The van der Waals surface area contributed by atoms with Crippen molar-refractivity contribution < 1.29 is 17.6 Å². The number of carbonyl (C=O) groups excluding carboxylic acids is 1. The number of anilines is 1. The van der Waals surface area contributed by atoms with E-state index in [1.165, 1.54) is 11.8 Å². The number of furan rings is 1. The second kappa shape index (κ2) is 9.88. The Balaban J connectivity index is 1.34. The molecule has 1 aliphatic rings. The summed E-state index contributed by atoms with van der Waals surface area (Å²) in [7, 11) is -1.70. The van der Waals surface area contributed by atoms with Crippen LogP contribution in [0.1, 0.15) is 25.7 Å². The molecule has 11 heteroatoms. The highest BCUT2D eigenvalue weighted by Crippen LogP contribution is 2.24. The van der Waals surface area contributed by atoms with E-state index in [4.69, 9.17) is 4.42 Å². The Labute approximate surface area is 191 Å². The largest absolute Gasteiger partial charge is 0.461 e. The third kappa shape index (κ3) is 5.05. The van der Waals surface area contributed by atoms with E-state index in [2.05, 4.69) is 15.5 Å². The van der Waals surface area contributed by atoms with Crippen molar-refractivity contribution in [2.45, 2.75) is 35.7 Å². The molecule has 3 heterocycles. The van der Waals surface area contributed by atoms with Crippen LogP contribution in [0.25, 0.3) is 11.6 Å². The fourth-order valence-electron chi connectivity index (χ4n) is 3.53. The second-order valence-corrected chi connectivity index (χ2v) is 10.4. The van der Waals surface area contributed by atoms with Gasteiger partial charge in [0.2, 0.25) is 15.9 Å². The van der Waals surface area contributed by atoms with Crippen molar-refractivity contribution in [3.05, 3.63) is 42.7 Å². The zero-order valence-electron chi connectivity index (χ0n) is 17.7. The molecule has 0 atom stereocenters. The summed E-state index contributed by atoms with van der Waals surface area (Å²) >= 11 is 1.25. The van der Waals surface area contributed by atoms with Crippen LogP contribution >= 0.6 is 11.8 Å². The molecular weight excluding hydrogens is 450 g/mol. The molecule has 0 spiro atoms. The van der Waals surface area contributed by atoms with Crippen molar-refractivity contribution in [1.29, 1.82) is 0 Å². The minimum absolute atomic E-state index is 0.137. The average molecular weight is 476 g/mol. The summed E-state index contributed by atoms with van der Waals surface area (Å²) in [6.07, 6.45) is 5.47. The van der Waals surface area contributed by atoms with Crippen LogP contribution in [0.2, 0.25) is 0 Å². The number of aromatic nitrogens is 3. The first kappa shape index (κ1) is 22.6. The maximum Gasteiger partial charge on any atom is 0.243 e. The Bertz CT molecular complexity index is 1150. The van der Waals surface area contributed by atoms with Crippen LogP contribution in [0.15, 0.2) is 57.1 Å². The van der Waals surface area contributed by atoms with E-state index in [9.17, 15) is 13.2 Å². The number of nitrogens with zero attached hydrogens (tertiary/aromatic N) is 4. The Hall–Kier alpha value is -2.63. The van der Waals surface area contributed by atoms with Crippen LogP contribution in [0, 0.1) is 0 Å². The zero-order valence-corrected chi connectivity index (χ0v) is 19.4. The first-order chi connectivity index (χ1) is 15.4. The molecule has 170 valence electrons. The van der Waals surface area contributed by atoms with Gasteiger partial charge in [-0.3, -0.25) is 4.79 Å². The van der Waals surface area contributed by atoms with Gasteiger partial charge in [0, 0.05) is 25.8 Å². The number of hydrogen-bond donors (Lipinski definition) is 1. The maximum atomic E-state index is 12.9. The van der Waals surface area contributed by atoms with E-state index < -0.39 is 10.0 Å². The fourth-order valence-corrected chi connectivity index (χ4v) is 5.76. The Morgan fingerprint density at radius 1 is 1.09 bits per heavy atom. The topological polar surface area (TPSA) is 110 Å². The van der Waals surface area contributed by atoms with Crippen molar-refractivity contribution in [2.24, 2.45) is 7.05 Å². The highest BCUT2D eigenvalue weighted by molar-refractivity contribution is 7.99. The van der Waals surface area contributed by atoms with E-state index in [-0.39, 0.29) is 16.6 Å². The molecule has 3 aromatic rings. The quantitative estimate of drug-likeness (QED) is 0.522. The molecule has 2 aromatic heterocycles. The van der Waals surface area contributed by atoms with E-state index in [0.29, 0.717) is 35.5 Å². The predicted molar refractivity (Wildman–Crippen MR) is 122 cm³/mol. The molecule has 4 rings (SSSR count). The SMILES string of the molecule is Cn1c(SCC(=O)Nc2ccc(S(=O)(=O)N3CCCCCC3)cc2)nnc1-c1ccco1. The minimum atomic E-state index is -3.51. The fraction of sp³-hybridized carbons (Fsp3) is 0.381. The van der Waals surface area contributed by atoms with Gasteiger partial charge in [-0.25, -0.2) is 8.42 Å². The lowest BCUT2D eigenvalue weighted by Gasteiger charge is -2.20. The molecule has 1 aliphatic heterocycles. The molecule has 1 N–H and O–H groups in total. The Morgan fingerprint density at radius 3 is 2.47 bits per heavy atom. The normalized spacial score (nSPS) is 15.4. The summed E-state index contributed by atoms with van der Waals surface area (Å²) < 4.78 is 34.4. The van der Waals surface area contributed by atoms with Gasteiger partial charge in [-0.1, -0.05) is 24.6 Å². The van der Waals surface area contributed by atoms with Gasteiger partial charge in [-0.05, 0) is 49.2 Å². The van der Waals surface area contributed by atoms with Gasteiger partial charge >= 0.3 is 0 Å². The minimum Gasteiger partial charge on any atom is -0.461 e. The van der Waals surface area contributed by atoms with Crippen molar-refractivity contribution in [1.82, 2.24) is 19.1 Å². The molecule has 1 aromatic carbocycles. The van der Waals surface area contributed by atoms with Crippen molar-refractivity contribution in [3.8, 4) is 11.6 Å². The van der Waals surface area contributed by atoms with Crippen molar-refractivity contribution >= 4 is 33.4 Å². The van der Waals surface area contributed by atoms with Gasteiger partial charge in [-0.15, -0.1) is 10.2 Å².